The Kier molecular flexibility index (Phi) is 5.96. The van der Waals surface area contributed by atoms with Crippen molar-refractivity contribution in [3.8, 4) is 0 Å². The number of nitrogens with zero attached hydrogens (tertiary/aromatic N) is 2. The highest BCUT2D eigenvalue weighted by molar-refractivity contribution is 7.09. The zero-order chi connectivity index (χ0) is 16.2. The van der Waals surface area contributed by atoms with Crippen LogP contribution in [0.15, 0.2) is 5.38 Å². The van der Waals surface area contributed by atoms with Gasteiger partial charge in [0.05, 0.1) is 29.5 Å². The molecule has 6 heteroatoms. The fourth-order valence-electron chi connectivity index (χ4n) is 2.49. The van der Waals surface area contributed by atoms with Crippen molar-refractivity contribution in [2.75, 3.05) is 39.4 Å². The van der Waals surface area contributed by atoms with Gasteiger partial charge in [0.2, 0.25) is 0 Å². The second-order valence-corrected chi connectivity index (χ2v) is 8.24. The topological polar surface area (TPSA) is 57.6 Å². The lowest BCUT2D eigenvalue weighted by Gasteiger charge is -2.33. The van der Waals surface area contributed by atoms with E-state index in [0.717, 1.165) is 37.0 Å². The molecule has 0 radical (unpaired) electrons. The van der Waals surface area contributed by atoms with Gasteiger partial charge in [-0.3, -0.25) is 4.90 Å². The van der Waals surface area contributed by atoms with Gasteiger partial charge in [0.1, 0.15) is 0 Å². The first kappa shape index (κ1) is 17.8. The lowest BCUT2D eigenvalue weighted by Crippen LogP contribution is -2.50. The lowest BCUT2D eigenvalue weighted by atomic mass is 9.98. The molecule has 2 N–H and O–H groups in total. The number of ether oxygens (including phenoxy) is 1. The van der Waals surface area contributed by atoms with Gasteiger partial charge in [-0.15, -0.1) is 11.3 Å². The molecule has 0 spiro atoms. The summed E-state index contributed by atoms with van der Waals surface area (Å²) in [7, 11) is 0. The molecular formula is C16H29N3O2S. The summed E-state index contributed by atoms with van der Waals surface area (Å²) in [6, 6.07) is 0. The smallest absolute Gasteiger partial charge is 0.0982 e. The number of β-amino-alcohol motifs (C(OH)–C–C–N with tert-alkyl or cyclic N) is 1. The second kappa shape index (κ2) is 7.36. The Morgan fingerprint density at radius 3 is 2.59 bits per heavy atom. The van der Waals surface area contributed by atoms with Gasteiger partial charge in [-0.2, -0.15) is 0 Å². The minimum absolute atomic E-state index is 0.102. The van der Waals surface area contributed by atoms with Crippen molar-refractivity contribution >= 4 is 11.3 Å². The van der Waals surface area contributed by atoms with E-state index in [0.29, 0.717) is 19.6 Å². The van der Waals surface area contributed by atoms with Crippen LogP contribution in [0.25, 0.3) is 0 Å². The third-order valence-electron chi connectivity index (χ3n) is 3.67. The Bertz CT molecular complexity index is 462. The molecule has 1 aliphatic rings. The number of thiazole rings is 1. The lowest BCUT2D eigenvalue weighted by molar-refractivity contribution is -0.0219. The summed E-state index contributed by atoms with van der Waals surface area (Å²) in [5.41, 5.74) is 0.419. The number of aromatic nitrogens is 1. The van der Waals surface area contributed by atoms with Crippen LogP contribution in [0.1, 0.15) is 38.4 Å². The Balaban J connectivity index is 1.75. The van der Waals surface area contributed by atoms with Crippen molar-refractivity contribution in [3.63, 3.8) is 0 Å². The molecule has 2 rings (SSSR count). The molecule has 1 fully saturated rings. The van der Waals surface area contributed by atoms with Gasteiger partial charge in [-0.25, -0.2) is 4.98 Å². The Morgan fingerprint density at radius 2 is 2.00 bits per heavy atom. The van der Waals surface area contributed by atoms with Crippen LogP contribution in [0.3, 0.4) is 0 Å². The molecule has 0 bridgehead atoms. The number of nitrogens with one attached hydrogen (secondary N) is 1. The minimum Gasteiger partial charge on any atom is -0.388 e. The molecule has 22 heavy (non-hydrogen) atoms. The molecule has 1 saturated heterocycles. The van der Waals surface area contributed by atoms with Crippen LogP contribution in [0.5, 0.6) is 0 Å². The van der Waals surface area contributed by atoms with Crippen LogP contribution >= 0.6 is 11.3 Å². The molecule has 5 nitrogen and oxygen atoms in total. The summed E-state index contributed by atoms with van der Waals surface area (Å²) in [5, 5.41) is 17.1. The van der Waals surface area contributed by atoms with E-state index in [1.54, 1.807) is 11.3 Å². The number of rotatable bonds is 6. The van der Waals surface area contributed by atoms with Crippen molar-refractivity contribution in [2.24, 2.45) is 0 Å². The molecule has 2 heterocycles. The van der Waals surface area contributed by atoms with Crippen molar-refractivity contribution in [1.82, 2.24) is 15.2 Å². The standard InChI is InChI=1S/C16H29N3O2S/c1-15(2,3)14-18-13(10-22-14)9-17-11-16(4,20)12-19-5-7-21-8-6-19/h10,17,20H,5-9,11-12H2,1-4H3. The van der Waals surface area contributed by atoms with E-state index in [1.807, 2.05) is 6.92 Å². The highest BCUT2D eigenvalue weighted by Crippen LogP contribution is 2.25. The van der Waals surface area contributed by atoms with Crippen LogP contribution in [0.2, 0.25) is 0 Å². The fraction of sp³-hybridized carbons (Fsp3) is 0.812. The van der Waals surface area contributed by atoms with Gasteiger partial charge < -0.3 is 15.2 Å². The quantitative estimate of drug-likeness (QED) is 0.831. The van der Waals surface area contributed by atoms with Crippen LogP contribution in [-0.2, 0) is 16.7 Å². The van der Waals surface area contributed by atoms with Gasteiger partial charge in [0, 0.05) is 43.5 Å². The molecule has 1 atom stereocenters. The summed E-state index contributed by atoms with van der Waals surface area (Å²) in [6.07, 6.45) is 0. The minimum atomic E-state index is -0.736. The predicted molar refractivity (Wildman–Crippen MR) is 90.4 cm³/mol. The third-order valence-corrected chi connectivity index (χ3v) is 4.99. The van der Waals surface area contributed by atoms with Crippen LogP contribution in [0, 0.1) is 0 Å². The molecule has 1 aromatic heterocycles. The summed E-state index contributed by atoms with van der Waals surface area (Å²) < 4.78 is 5.34. The van der Waals surface area contributed by atoms with Crippen LogP contribution in [-0.4, -0.2) is 60.0 Å². The zero-order valence-corrected chi connectivity index (χ0v) is 15.0. The van der Waals surface area contributed by atoms with E-state index in [2.05, 4.69) is 41.4 Å². The van der Waals surface area contributed by atoms with E-state index in [9.17, 15) is 5.11 Å². The SMILES string of the molecule is CC(O)(CNCc1csc(C(C)(C)C)n1)CN1CCOCC1. The van der Waals surface area contributed by atoms with Crippen molar-refractivity contribution in [1.29, 1.82) is 0 Å². The maximum Gasteiger partial charge on any atom is 0.0982 e. The average Bonchev–Trinajstić information content (AvgIpc) is 2.88. The van der Waals surface area contributed by atoms with E-state index in [-0.39, 0.29) is 5.41 Å². The van der Waals surface area contributed by atoms with E-state index in [1.165, 1.54) is 0 Å². The van der Waals surface area contributed by atoms with Gasteiger partial charge in [-0.1, -0.05) is 20.8 Å². The molecule has 1 aliphatic heterocycles. The molecule has 0 aromatic carbocycles. The first-order chi connectivity index (χ1) is 10.3. The van der Waals surface area contributed by atoms with Gasteiger partial charge in [-0.05, 0) is 6.92 Å². The maximum atomic E-state index is 10.5. The number of morpholine rings is 1. The molecule has 126 valence electrons. The fourth-order valence-corrected chi connectivity index (χ4v) is 3.40. The number of hydrogen-bond acceptors (Lipinski definition) is 6. The summed E-state index contributed by atoms with van der Waals surface area (Å²) in [6.45, 7) is 13.7. The number of hydrogen-bond donors (Lipinski definition) is 2. The molecule has 0 aliphatic carbocycles. The summed E-state index contributed by atoms with van der Waals surface area (Å²) in [5.74, 6) is 0. The molecule has 0 saturated carbocycles. The highest BCUT2D eigenvalue weighted by atomic mass is 32.1. The summed E-state index contributed by atoms with van der Waals surface area (Å²) >= 11 is 1.71. The first-order valence-electron chi connectivity index (χ1n) is 7.94. The van der Waals surface area contributed by atoms with Crippen LogP contribution in [0.4, 0.5) is 0 Å². The van der Waals surface area contributed by atoms with Crippen LogP contribution < -0.4 is 5.32 Å². The van der Waals surface area contributed by atoms with Gasteiger partial charge >= 0.3 is 0 Å². The van der Waals surface area contributed by atoms with E-state index >= 15 is 0 Å². The van der Waals surface area contributed by atoms with Gasteiger partial charge in [0.15, 0.2) is 0 Å². The molecule has 1 aromatic rings. The Morgan fingerprint density at radius 1 is 1.32 bits per heavy atom. The Labute approximate surface area is 137 Å². The Hall–Kier alpha value is -0.530. The number of aliphatic hydroxyl groups is 1. The largest absolute Gasteiger partial charge is 0.388 e. The monoisotopic (exact) mass is 327 g/mol. The average molecular weight is 327 g/mol. The van der Waals surface area contributed by atoms with Crippen molar-refractivity contribution < 1.29 is 9.84 Å². The second-order valence-electron chi connectivity index (χ2n) is 7.38. The first-order valence-corrected chi connectivity index (χ1v) is 8.82. The van der Waals surface area contributed by atoms with Gasteiger partial charge in [0.25, 0.3) is 0 Å². The normalized spacial score (nSPS) is 20.0. The van der Waals surface area contributed by atoms with Crippen molar-refractivity contribution in [2.45, 2.75) is 45.3 Å². The maximum absolute atomic E-state index is 10.5. The van der Waals surface area contributed by atoms with E-state index < -0.39 is 5.60 Å². The third kappa shape index (κ3) is 5.59. The molecular weight excluding hydrogens is 298 g/mol. The van der Waals surface area contributed by atoms with Crippen molar-refractivity contribution in [3.05, 3.63) is 16.1 Å². The zero-order valence-electron chi connectivity index (χ0n) is 14.2. The summed E-state index contributed by atoms with van der Waals surface area (Å²) in [4.78, 5) is 6.92. The molecule has 0 amide bonds. The predicted octanol–water partition coefficient (Wildman–Crippen LogP) is 1.61. The highest BCUT2D eigenvalue weighted by Gasteiger charge is 2.25. The molecule has 1 unspecified atom stereocenters. The van der Waals surface area contributed by atoms with E-state index in [4.69, 9.17) is 4.74 Å².